The van der Waals surface area contributed by atoms with E-state index < -0.39 is 0 Å². The van der Waals surface area contributed by atoms with Gasteiger partial charge in [-0.25, -0.2) is 4.98 Å². The normalized spacial score (nSPS) is 16.6. The van der Waals surface area contributed by atoms with Crippen molar-refractivity contribution >= 4 is 11.2 Å². The van der Waals surface area contributed by atoms with Gasteiger partial charge in [-0.15, -0.1) is 0 Å². The number of benzene rings is 1. The molecule has 0 amide bonds. The monoisotopic (exact) mass is 379 g/mol. The van der Waals surface area contributed by atoms with E-state index in [-0.39, 0.29) is 5.92 Å². The molecule has 0 fully saturated rings. The Morgan fingerprint density at radius 3 is 2.52 bits per heavy atom. The molecule has 0 saturated heterocycles. The quantitative estimate of drug-likeness (QED) is 0.497. The zero-order chi connectivity index (χ0) is 19.8. The average molecular weight is 379 g/mol. The molecule has 5 nitrogen and oxygen atoms in total. The summed E-state index contributed by atoms with van der Waals surface area (Å²) in [4.78, 5) is 4.64. The predicted molar refractivity (Wildman–Crippen MR) is 114 cm³/mol. The largest absolute Gasteiger partial charge is 0.293 e. The van der Waals surface area contributed by atoms with Crippen LogP contribution in [0.2, 0.25) is 0 Å². The van der Waals surface area contributed by atoms with Crippen molar-refractivity contribution in [2.24, 2.45) is 13.0 Å². The fourth-order valence-corrected chi connectivity index (χ4v) is 4.08. The van der Waals surface area contributed by atoms with E-state index in [1.165, 1.54) is 11.3 Å². The van der Waals surface area contributed by atoms with E-state index in [1.807, 2.05) is 36.4 Å². The molecule has 4 aromatic rings. The van der Waals surface area contributed by atoms with Crippen LogP contribution in [0.15, 0.2) is 67.1 Å². The lowest BCUT2D eigenvalue weighted by molar-refractivity contribution is 0.603. The second-order valence-electron chi connectivity index (χ2n) is 7.56. The minimum absolute atomic E-state index is 0.139. The third-order valence-corrected chi connectivity index (χ3v) is 5.67. The van der Waals surface area contributed by atoms with E-state index in [1.54, 1.807) is 0 Å². The van der Waals surface area contributed by atoms with Gasteiger partial charge in [-0.2, -0.15) is 10.4 Å². The predicted octanol–water partition coefficient (Wildman–Crippen LogP) is 5.11. The highest BCUT2D eigenvalue weighted by Crippen LogP contribution is 2.33. The topological polar surface area (TPSA) is 58.9 Å². The first-order valence-corrected chi connectivity index (χ1v) is 9.88. The molecule has 1 atom stereocenters. The summed E-state index contributed by atoms with van der Waals surface area (Å²) in [6.45, 7) is 0. The van der Waals surface area contributed by atoms with Gasteiger partial charge >= 0.3 is 0 Å². The summed E-state index contributed by atoms with van der Waals surface area (Å²) in [6, 6.07) is 17.2. The molecule has 5 rings (SSSR count). The van der Waals surface area contributed by atoms with Crippen LogP contribution in [0.4, 0.5) is 0 Å². The number of pyridine rings is 1. The second kappa shape index (κ2) is 7.06. The summed E-state index contributed by atoms with van der Waals surface area (Å²) in [6.07, 6.45) is 10.7. The standard InChI is InChI=1S/C24H21N5/c1-28-16-21(14-27-28)18-9-11-20(12-10-18)23-15-26-24-4-2-3-22(29(23)24)19-7-5-17(13-25)6-8-19/h2-4,7,9-12,14-17H,5-6,8H2,1H3. The molecule has 1 aliphatic rings. The van der Waals surface area contributed by atoms with Crippen LogP contribution in [0.3, 0.4) is 0 Å². The van der Waals surface area contributed by atoms with Gasteiger partial charge in [0, 0.05) is 24.4 Å². The van der Waals surface area contributed by atoms with Gasteiger partial charge in [-0.1, -0.05) is 36.4 Å². The Labute approximate surface area is 169 Å². The molecule has 0 saturated carbocycles. The van der Waals surface area contributed by atoms with Crippen molar-refractivity contribution in [1.82, 2.24) is 19.2 Å². The summed E-state index contributed by atoms with van der Waals surface area (Å²) in [7, 11) is 1.93. The van der Waals surface area contributed by atoms with Gasteiger partial charge in [0.2, 0.25) is 0 Å². The molecule has 1 unspecified atom stereocenters. The molecule has 1 aromatic carbocycles. The molecular formula is C24H21N5. The molecule has 0 radical (unpaired) electrons. The van der Waals surface area contributed by atoms with Crippen molar-refractivity contribution < 1.29 is 0 Å². The highest BCUT2D eigenvalue weighted by molar-refractivity contribution is 5.73. The van der Waals surface area contributed by atoms with E-state index in [0.717, 1.165) is 47.3 Å². The van der Waals surface area contributed by atoms with Gasteiger partial charge in [0.1, 0.15) is 5.65 Å². The lowest BCUT2D eigenvalue weighted by Gasteiger charge is -2.18. The summed E-state index contributed by atoms with van der Waals surface area (Å²) in [5, 5.41) is 13.4. The minimum Gasteiger partial charge on any atom is -0.293 e. The fourth-order valence-electron chi connectivity index (χ4n) is 4.08. The number of nitrogens with zero attached hydrogens (tertiary/aromatic N) is 5. The number of hydrogen-bond donors (Lipinski definition) is 0. The van der Waals surface area contributed by atoms with E-state index in [9.17, 15) is 5.26 Å². The fraction of sp³-hybridized carbons (Fsp3) is 0.208. The third kappa shape index (κ3) is 3.13. The minimum atomic E-state index is 0.139. The molecule has 29 heavy (non-hydrogen) atoms. The van der Waals surface area contributed by atoms with Crippen molar-refractivity contribution in [2.75, 3.05) is 0 Å². The number of fused-ring (bicyclic) bond motifs is 1. The highest BCUT2D eigenvalue weighted by atomic mass is 15.2. The first-order valence-electron chi connectivity index (χ1n) is 9.88. The first kappa shape index (κ1) is 17.4. The van der Waals surface area contributed by atoms with Crippen molar-refractivity contribution in [3.05, 3.63) is 72.8 Å². The van der Waals surface area contributed by atoms with Gasteiger partial charge < -0.3 is 0 Å². The molecule has 142 valence electrons. The Kier molecular flexibility index (Phi) is 4.25. The van der Waals surface area contributed by atoms with Crippen molar-refractivity contribution in [1.29, 1.82) is 5.26 Å². The van der Waals surface area contributed by atoms with Gasteiger partial charge in [-0.05, 0) is 42.5 Å². The van der Waals surface area contributed by atoms with Crippen LogP contribution in [0.5, 0.6) is 0 Å². The Morgan fingerprint density at radius 2 is 1.83 bits per heavy atom. The number of rotatable bonds is 3. The summed E-state index contributed by atoms with van der Waals surface area (Å²) < 4.78 is 4.05. The number of aromatic nitrogens is 4. The van der Waals surface area contributed by atoms with Crippen molar-refractivity contribution in [3.63, 3.8) is 0 Å². The van der Waals surface area contributed by atoms with Crippen LogP contribution in [-0.4, -0.2) is 19.2 Å². The van der Waals surface area contributed by atoms with E-state index in [4.69, 9.17) is 0 Å². The zero-order valence-electron chi connectivity index (χ0n) is 16.3. The molecule has 3 heterocycles. The maximum absolute atomic E-state index is 9.19. The maximum atomic E-state index is 9.19. The average Bonchev–Trinajstić information content (AvgIpc) is 3.40. The SMILES string of the molecule is Cn1cc(-c2ccc(-c3cnc4cccc(C5=CCC(C#N)CC5)n34)cc2)cn1. The molecule has 0 N–H and O–H groups in total. The van der Waals surface area contributed by atoms with Gasteiger partial charge in [0.15, 0.2) is 0 Å². The van der Waals surface area contributed by atoms with Gasteiger partial charge in [-0.3, -0.25) is 9.08 Å². The Hall–Kier alpha value is -3.65. The van der Waals surface area contributed by atoms with E-state index in [2.05, 4.69) is 63.0 Å². The molecular weight excluding hydrogens is 358 g/mol. The first-order chi connectivity index (χ1) is 14.2. The maximum Gasteiger partial charge on any atom is 0.137 e. The number of hydrogen-bond acceptors (Lipinski definition) is 3. The summed E-state index contributed by atoms with van der Waals surface area (Å²) >= 11 is 0. The Balaban J connectivity index is 1.56. The van der Waals surface area contributed by atoms with E-state index in [0.29, 0.717) is 0 Å². The smallest absolute Gasteiger partial charge is 0.137 e. The Morgan fingerprint density at radius 1 is 1.00 bits per heavy atom. The van der Waals surface area contributed by atoms with Crippen LogP contribution in [-0.2, 0) is 7.05 Å². The molecule has 0 aliphatic heterocycles. The van der Waals surface area contributed by atoms with Crippen LogP contribution in [0.25, 0.3) is 33.6 Å². The van der Waals surface area contributed by atoms with Gasteiger partial charge in [0.05, 0.1) is 35.8 Å². The number of imidazole rings is 1. The highest BCUT2D eigenvalue weighted by Gasteiger charge is 2.18. The van der Waals surface area contributed by atoms with Crippen LogP contribution in [0.1, 0.15) is 25.0 Å². The van der Waals surface area contributed by atoms with Crippen LogP contribution in [0, 0.1) is 17.2 Å². The van der Waals surface area contributed by atoms with Crippen molar-refractivity contribution in [3.8, 4) is 28.5 Å². The lowest BCUT2D eigenvalue weighted by Crippen LogP contribution is -2.06. The Bertz CT molecular complexity index is 1250. The molecule has 5 heteroatoms. The zero-order valence-corrected chi connectivity index (χ0v) is 16.3. The number of aryl methyl sites for hydroxylation is 1. The number of nitriles is 1. The second-order valence-corrected chi connectivity index (χ2v) is 7.56. The molecule has 3 aromatic heterocycles. The molecule has 0 spiro atoms. The third-order valence-electron chi connectivity index (χ3n) is 5.67. The van der Waals surface area contributed by atoms with Crippen LogP contribution >= 0.6 is 0 Å². The molecule has 0 bridgehead atoms. The summed E-state index contributed by atoms with van der Waals surface area (Å²) in [5.74, 6) is 0.139. The number of allylic oxidation sites excluding steroid dienone is 2. The molecule has 1 aliphatic carbocycles. The van der Waals surface area contributed by atoms with E-state index >= 15 is 0 Å². The lowest BCUT2D eigenvalue weighted by atomic mass is 9.89. The van der Waals surface area contributed by atoms with Gasteiger partial charge in [0.25, 0.3) is 0 Å². The van der Waals surface area contributed by atoms with Crippen LogP contribution < -0.4 is 0 Å². The van der Waals surface area contributed by atoms with Crippen molar-refractivity contribution in [2.45, 2.75) is 19.3 Å². The summed E-state index contributed by atoms with van der Waals surface area (Å²) in [5.41, 5.74) is 7.87.